The summed E-state index contributed by atoms with van der Waals surface area (Å²) in [6.45, 7) is 2.18. The summed E-state index contributed by atoms with van der Waals surface area (Å²) >= 11 is 11.8. The topological polar surface area (TPSA) is 66.4 Å². The lowest BCUT2D eigenvalue weighted by Gasteiger charge is -2.10. The van der Waals surface area contributed by atoms with Crippen molar-refractivity contribution in [3.8, 4) is 0 Å². The average molecular weight is 332 g/mol. The third kappa shape index (κ3) is 7.34. The smallest absolute Gasteiger partial charge is 0.303 e. The summed E-state index contributed by atoms with van der Waals surface area (Å²) in [4.78, 5) is 22.1. The van der Waals surface area contributed by atoms with Gasteiger partial charge < -0.3 is 10.4 Å². The fourth-order valence-electron chi connectivity index (χ4n) is 1.89. The molecule has 0 aromatic heterocycles. The van der Waals surface area contributed by atoms with Crippen molar-refractivity contribution in [2.24, 2.45) is 5.92 Å². The van der Waals surface area contributed by atoms with Gasteiger partial charge in [0.1, 0.15) is 0 Å². The average Bonchev–Trinajstić information content (AvgIpc) is 2.40. The van der Waals surface area contributed by atoms with Gasteiger partial charge in [-0.25, -0.2) is 0 Å². The Balaban J connectivity index is 2.24. The molecule has 0 bridgehead atoms. The zero-order valence-corrected chi connectivity index (χ0v) is 13.4. The first-order valence-corrected chi connectivity index (χ1v) is 7.56. The number of carbonyl (C=O) groups is 2. The van der Waals surface area contributed by atoms with Crippen LogP contribution in [0, 0.1) is 5.92 Å². The Hall–Kier alpha value is -1.26. The second-order valence-corrected chi connectivity index (χ2v) is 5.92. The van der Waals surface area contributed by atoms with Crippen molar-refractivity contribution in [1.82, 2.24) is 5.32 Å². The summed E-state index contributed by atoms with van der Waals surface area (Å²) in [5, 5.41) is 12.4. The molecule has 0 saturated heterocycles. The van der Waals surface area contributed by atoms with Gasteiger partial charge in [-0.3, -0.25) is 9.59 Å². The van der Waals surface area contributed by atoms with E-state index in [1.54, 1.807) is 19.1 Å². The first-order chi connectivity index (χ1) is 9.88. The largest absolute Gasteiger partial charge is 0.481 e. The molecule has 1 aromatic carbocycles. The molecule has 1 aromatic rings. The molecule has 0 heterocycles. The van der Waals surface area contributed by atoms with Gasteiger partial charge in [-0.05, 0) is 36.5 Å². The number of halogens is 2. The van der Waals surface area contributed by atoms with Crippen LogP contribution in [0.3, 0.4) is 0 Å². The molecule has 1 unspecified atom stereocenters. The van der Waals surface area contributed by atoms with Crippen molar-refractivity contribution in [2.75, 3.05) is 6.54 Å². The molecule has 0 spiro atoms. The second-order valence-electron chi connectivity index (χ2n) is 5.11. The van der Waals surface area contributed by atoms with Crippen LogP contribution in [-0.4, -0.2) is 23.5 Å². The molecule has 0 aliphatic heterocycles. The van der Waals surface area contributed by atoms with Gasteiger partial charge in [0.2, 0.25) is 5.91 Å². The fourth-order valence-corrected chi connectivity index (χ4v) is 2.22. The molecular formula is C15H19Cl2NO3. The Morgan fingerprint density at radius 3 is 2.62 bits per heavy atom. The van der Waals surface area contributed by atoms with Crippen molar-refractivity contribution in [2.45, 2.75) is 32.6 Å². The van der Waals surface area contributed by atoms with Gasteiger partial charge in [-0.15, -0.1) is 0 Å². The Kier molecular flexibility index (Phi) is 7.54. The number of nitrogens with one attached hydrogen (secondary N) is 1. The number of carboxylic acids is 1. The molecule has 0 fully saturated rings. The van der Waals surface area contributed by atoms with E-state index in [0.29, 0.717) is 29.4 Å². The van der Waals surface area contributed by atoms with Crippen LogP contribution in [0.5, 0.6) is 0 Å². The third-order valence-electron chi connectivity index (χ3n) is 3.02. The van der Waals surface area contributed by atoms with E-state index in [-0.39, 0.29) is 18.2 Å². The Bertz CT molecular complexity index is 506. The van der Waals surface area contributed by atoms with Gasteiger partial charge in [0.25, 0.3) is 0 Å². The van der Waals surface area contributed by atoms with E-state index < -0.39 is 5.97 Å². The van der Waals surface area contributed by atoms with Crippen LogP contribution in [0.1, 0.15) is 31.7 Å². The summed E-state index contributed by atoms with van der Waals surface area (Å²) in [7, 11) is 0. The molecule has 1 rings (SSSR count). The summed E-state index contributed by atoms with van der Waals surface area (Å²) in [6.07, 6.45) is 1.91. The third-order valence-corrected chi connectivity index (χ3v) is 3.76. The zero-order valence-electron chi connectivity index (χ0n) is 11.9. The van der Waals surface area contributed by atoms with E-state index in [1.165, 1.54) is 0 Å². The van der Waals surface area contributed by atoms with E-state index in [4.69, 9.17) is 28.3 Å². The van der Waals surface area contributed by atoms with Gasteiger partial charge in [0, 0.05) is 19.4 Å². The van der Waals surface area contributed by atoms with Crippen LogP contribution in [-0.2, 0) is 16.0 Å². The SMILES string of the molecule is CC(CNC(=O)CCCc1ccc(Cl)c(Cl)c1)CC(=O)O. The minimum absolute atomic E-state index is 0.0591. The summed E-state index contributed by atoms with van der Waals surface area (Å²) in [5.74, 6) is -0.981. The van der Waals surface area contributed by atoms with Gasteiger partial charge in [-0.1, -0.05) is 36.2 Å². The summed E-state index contributed by atoms with van der Waals surface area (Å²) < 4.78 is 0. The van der Waals surface area contributed by atoms with Crippen molar-refractivity contribution in [3.05, 3.63) is 33.8 Å². The molecule has 0 aliphatic carbocycles. The lowest BCUT2D eigenvalue weighted by Crippen LogP contribution is -2.29. The lowest BCUT2D eigenvalue weighted by molar-refractivity contribution is -0.138. The Labute approximate surface area is 134 Å². The van der Waals surface area contributed by atoms with Crippen LogP contribution in [0.4, 0.5) is 0 Å². The van der Waals surface area contributed by atoms with E-state index in [0.717, 1.165) is 12.0 Å². The lowest BCUT2D eigenvalue weighted by atomic mass is 10.1. The van der Waals surface area contributed by atoms with Crippen LogP contribution >= 0.6 is 23.2 Å². The number of rotatable bonds is 8. The zero-order chi connectivity index (χ0) is 15.8. The maximum atomic E-state index is 11.6. The second kappa shape index (κ2) is 8.90. The fraction of sp³-hybridized carbons (Fsp3) is 0.467. The molecule has 0 radical (unpaired) electrons. The van der Waals surface area contributed by atoms with E-state index in [2.05, 4.69) is 5.32 Å². The van der Waals surface area contributed by atoms with Crippen LogP contribution < -0.4 is 5.32 Å². The van der Waals surface area contributed by atoms with Crippen molar-refractivity contribution < 1.29 is 14.7 Å². The van der Waals surface area contributed by atoms with Gasteiger partial charge >= 0.3 is 5.97 Å². The molecule has 0 aliphatic rings. The predicted octanol–water partition coefficient (Wildman–Crippen LogP) is 3.54. The van der Waals surface area contributed by atoms with E-state index in [9.17, 15) is 9.59 Å². The first-order valence-electron chi connectivity index (χ1n) is 6.81. The molecule has 21 heavy (non-hydrogen) atoms. The van der Waals surface area contributed by atoms with Gasteiger partial charge in [0.05, 0.1) is 10.0 Å². The summed E-state index contributed by atoms with van der Waals surface area (Å²) in [5.41, 5.74) is 1.04. The quantitative estimate of drug-likeness (QED) is 0.765. The van der Waals surface area contributed by atoms with Crippen molar-refractivity contribution >= 4 is 35.1 Å². The van der Waals surface area contributed by atoms with E-state index >= 15 is 0 Å². The number of aliphatic carboxylic acids is 1. The molecule has 1 amide bonds. The standard InChI is InChI=1S/C15H19Cl2NO3/c1-10(7-15(20)21)9-18-14(19)4-2-3-11-5-6-12(16)13(17)8-11/h5-6,8,10H,2-4,7,9H2,1H3,(H,18,19)(H,20,21). The molecular weight excluding hydrogens is 313 g/mol. The minimum Gasteiger partial charge on any atom is -0.481 e. The van der Waals surface area contributed by atoms with Crippen molar-refractivity contribution in [3.63, 3.8) is 0 Å². The highest BCUT2D eigenvalue weighted by Gasteiger charge is 2.09. The predicted molar refractivity (Wildman–Crippen MR) is 83.8 cm³/mol. The van der Waals surface area contributed by atoms with Crippen LogP contribution in [0.25, 0.3) is 0 Å². The highest BCUT2D eigenvalue weighted by Crippen LogP contribution is 2.23. The monoisotopic (exact) mass is 331 g/mol. The molecule has 116 valence electrons. The number of aryl methyl sites for hydroxylation is 1. The number of carboxylic acid groups (broad SMARTS) is 1. The summed E-state index contributed by atoms with van der Waals surface area (Å²) in [6, 6.07) is 5.44. The van der Waals surface area contributed by atoms with Crippen LogP contribution in [0.15, 0.2) is 18.2 Å². The highest BCUT2D eigenvalue weighted by atomic mass is 35.5. The first kappa shape index (κ1) is 17.8. The van der Waals surface area contributed by atoms with E-state index in [1.807, 2.05) is 6.07 Å². The molecule has 2 N–H and O–H groups in total. The number of amides is 1. The number of hydrogen-bond donors (Lipinski definition) is 2. The molecule has 4 nitrogen and oxygen atoms in total. The van der Waals surface area contributed by atoms with Crippen LogP contribution in [0.2, 0.25) is 10.0 Å². The highest BCUT2D eigenvalue weighted by molar-refractivity contribution is 6.42. The normalized spacial score (nSPS) is 12.0. The molecule has 1 atom stereocenters. The maximum absolute atomic E-state index is 11.6. The number of hydrogen-bond acceptors (Lipinski definition) is 2. The molecule has 0 saturated carbocycles. The Morgan fingerprint density at radius 1 is 1.29 bits per heavy atom. The minimum atomic E-state index is -0.851. The molecule has 6 heteroatoms. The Morgan fingerprint density at radius 2 is 2.00 bits per heavy atom. The maximum Gasteiger partial charge on any atom is 0.303 e. The van der Waals surface area contributed by atoms with Gasteiger partial charge in [-0.2, -0.15) is 0 Å². The number of benzene rings is 1. The number of carbonyl (C=O) groups excluding carboxylic acids is 1. The van der Waals surface area contributed by atoms with Crippen molar-refractivity contribution in [1.29, 1.82) is 0 Å². The van der Waals surface area contributed by atoms with Gasteiger partial charge in [0.15, 0.2) is 0 Å².